The predicted molar refractivity (Wildman–Crippen MR) is 59.8 cm³/mol. The monoisotopic (exact) mass is 212 g/mol. The zero-order valence-electron chi connectivity index (χ0n) is 8.86. The third-order valence-electron chi connectivity index (χ3n) is 1.85. The Balaban J connectivity index is 2.60. The minimum Gasteiger partial charge on any atom is -0.292 e. The smallest absolute Gasteiger partial charge is 0.190 e. The summed E-state index contributed by atoms with van der Waals surface area (Å²) >= 11 is 1.67. The minimum absolute atomic E-state index is 0.169. The summed E-state index contributed by atoms with van der Waals surface area (Å²) < 4.78 is 1.74. The van der Waals surface area contributed by atoms with E-state index in [2.05, 4.69) is 18.9 Å². The van der Waals surface area contributed by atoms with Gasteiger partial charge in [0.25, 0.3) is 0 Å². The summed E-state index contributed by atoms with van der Waals surface area (Å²) in [5.41, 5.74) is 0.723. The lowest BCUT2D eigenvalue weighted by atomic mass is 10.3. The molecule has 0 radical (unpaired) electrons. The van der Waals surface area contributed by atoms with Gasteiger partial charge in [0.2, 0.25) is 0 Å². The van der Waals surface area contributed by atoms with E-state index in [4.69, 9.17) is 0 Å². The van der Waals surface area contributed by atoms with Crippen LogP contribution in [0.4, 0.5) is 0 Å². The first kappa shape index (κ1) is 11.3. The molecule has 0 unspecified atom stereocenters. The summed E-state index contributed by atoms with van der Waals surface area (Å²) in [5, 5.41) is 4.57. The van der Waals surface area contributed by atoms with Crippen LogP contribution in [0.15, 0.2) is 12.3 Å². The lowest BCUT2D eigenvalue weighted by molar-refractivity contribution is 0.101. The van der Waals surface area contributed by atoms with Crippen LogP contribution in [-0.4, -0.2) is 26.6 Å². The van der Waals surface area contributed by atoms with Crippen molar-refractivity contribution in [3.8, 4) is 0 Å². The summed E-state index contributed by atoms with van der Waals surface area (Å²) in [6.45, 7) is 6.92. The number of aromatic nitrogens is 2. The molecule has 0 aliphatic rings. The van der Waals surface area contributed by atoms with Crippen molar-refractivity contribution in [2.75, 3.05) is 5.75 Å². The van der Waals surface area contributed by atoms with Crippen LogP contribution in [0.3, 0.4) is 0 Å². The molecule has 0 amide bonds. The molecule has 0 aromatic carbocycles. The number of hydrogen-bond donors (Lipinski definition) is 0. The Hall–Kier alpha value is -0.770. The molecule has 0 saturated heterocycles. The predicted octanol–water partition coefficient (Wildman–Crippen LogP) is 2.23. The van der Waals surface area contributed by atoms with E-state index in [9.17, 15) is 4.79 Å². The lowest BCUT2D eigenvalue weighted by Crippen LogP contribution is -2.12. The van der Waals surface area contributed by atoms with Crippen LogP contribution in [0.1, 0.15) is 31.3 Å². The van der Waals surface area contributed by atoms with Crippen LogP contribution in [0.25, 0.3) is 0 Å². The molecule has 0 bridgehead atoms. The van der Waals surface area contributed by atoms with Crippen LogP contribution in [0, 0.1) is 0 Å². The average molecular weight is 212 g/mol. The summed E-state index contributed by atoms with van der Waals surface area (Å²) in [4.78, 5) is 11.7. The Kier molecular flexibility index (Phi) is 4.20. The molecular formula is C10H16N2OS. The van der Waals surface area contributed by atoms with Gasteiger partial charge in [-0.05, 0) is 18.2 Å². The normalized spacial score (nSPS) is 10.9. The van der Waals surface area contributed by atoms with Crippen molar-refractivity contribution in [2.45, 2.75) is 32.6 Å². The molecule has 0 aliphatic carbocycles. The first-order chi connectivity index (χ1) is 6.65. The number of rotatable bonds is 5. The molecule has 1 aromatic heterocycles. The van der Waals surface area contributed by atoms with E-state index in [0.717, 1.165) is 12.2 Å². The summed E-state index contributed by atoms with van der Waals surface area (Å²) in [7, 11) is 0. The molecule has 0 spiro atoms. The van der Waals surface area contributed by atoms with Gasteiger partial charge >= 0.3 is 0 Å². The van der Waals surface area contributed by atoms with E-state index in [-0.39, 0.29) is 5.78 Å². The molecule has 0 atom stereocenters. The fourth-order valence-electron chi connectivity index (χ4n) is 1.14. The number of hydrogen-bond acceptors (Lipinski definition) is 3. The first-order valence-corrected chi connectivity index (χ1v) is 5.86. The van der Waals surface area contributed by atoms with E-state index < -0.39 is 0 Å². The standard InChI is InChI=1S/C10H16N2OS/c1-4-12-9(5-6-11-12)10(13)7-14-8(2)3/h5-6,8H,4,7H2,1-3H3. The summed E-state index contributed by atoms with van der Waals surface area (Å²) in [6, 6.07) is 1.78. The van der Waals surface area contributed by atoms with Gasteiger partial charge in [0, 0.05) is 12.7 Å². The van der Waals surface area contributed by atoms with Gasteiger partial charge in [0.05, 0.1) is 5.75 Å². The van der Waals surface area contributed by atoms with Gasteiger partial charge in [-0.15, -0.1) is 0 Å². The molecule has 1 aromatic rings. The third-order valence-corrected chi connectivity index (χ3v) is 2.95. The van der Waals surface area contributed by atoms with Crippen molar-refractivity contribution in [3.05, 3.63) is 18.0 Å². The van der Waals surface area contributed by atoms with E-state index in [1.807, 2.05) is 6.92 Å². The molecule has 1 rings (SSSR count). The highest BCUT2D eigenvalue weighted by Crippen LogP contribution is 2.12. The van der Waals surface area contributed by atoms with Gasteiger partial charge in [0.15, 0.2) is 5.78 Å². The number of nitrogens with zero attached hydrogens (tertiary/aromatic N) is 2. The van der Waals surface area contributed by atoms with E-state index in [0.29, 0.717) is 11.0 Å². The third kappa shape index (κ3) is 2.87. The quantitative estimate of drug-likeness (QED) is 0.702. The van der Waals surface area contributed by atoms with Crippen molar-refractivity contribution in [1.29, 1.82) is 0 Å². The van der Waals surface area contributed by atoms with Gasteiger partial charge in [-0.2, -0.15) is 16.9 Å². The number of carbonyl (C=O) groups is 1. The largest absolute Gasteiger partial charge is 0.292 e. The van der Waals surface area contributed by atoms with Crippen LogP contribution < -0.4 is 0 Å². The molecule has 0 fully saturated rings. The Morgan fingerprint density at radius 3 is 2.93 bits per heavy atom. The van der Waals surface area contributed by atoms with E-state index in [1.165, 1.54) is 0 Å². The number of thioether (sulfide) groups is 1. The highest BCUT2D eigenvalue weighted by atomic mass is 32.2. The Labute approximate surface area is 88.9 Å². The van der Waals surface area contributed by atoms with Crippen molar-refractivity contribution in [3.63, 3.8) is 0 Å². The van der Waals surface area contributed by atoms with Gasteiger partial charge in [-0.1, -0.05) is 13.8 Å². The minimum atomic E-state index is 0.169. The molecule has 0 N–H and O–H groups in total. The molecule has 0 saturated carbocycles. The Bertz CT molecular complexity index is 307. The van der Waals surface area contributed by atoms with Crippen LogP contribution in [0.5, 0.6) is 0 Å². The van der Waals surface area contributed by atoms with Gasteiger partial charge in [-0.3, -0.25) is 9.48 Å². The summed E-state index contributed by atoms with van der Waals surface area (Å²) in [5.74, 6) is 0.714. The second-order valence-electron chi connectivity index (χ2n) is 3.32. The Morgan fingerprint density at radius 2 is 2.36 bits per heavy atom. The maximum Gasteiger partial charge on any atom is 0.190 e. The zero-order chi connectivity index (χ0) is 10.6. The Morgan fingerprint density at radius 1 is 1.64 bits per heavy atom. The molecule has 3 nitrogen and oxygen atoms in total. The zero-order valence-corrected chi connectivity index (χ0v) is 9.67. The van der Waals surface area contributed by atoms with Crippen molar-refractivity contribution < 1.29 is 4.79 Å². The molecule has 4 heteroatoms. The number of carbonyl (C=O) groups excluding carboxylic acids is 1. The number of ketones is 1. The van der Waals surface area contributed by atoms with Crippen molar-refractivity contribution in [1.82, 2.24) is 9.78 Å². The van der Waals surface area contributed by atoms with Crippen LogP contribution >= 0.6 is 11.8 Å². The molecule has 78 valence electrons. The van der Waals surface area contributed by atoms with Crippen molar-refractivity contribution in [2.24, 2.45) is 0 Å². The van der Waals surface area contributed by atoms with Crippen LogP contribution in [0.2, 0.25) is 0 Å². The molecular weight excluding hydrogens is 196 g/mol. The van der Waals surface area contributed by atoms with Crippen LogP contribution in [-0.2, 0) is 6.54 Å². The first-order valence-electron chi connectivity index (χ1n) is 4.81. The average Bonchev–Trinajstić information content (AvgIpc) is 2.61. The van der Waals surface area contributed by atoms with E-state index >= 15 is 0 Å². The van der Waals surface area contributed by atoms with Gasteiger partial charge < -0.3 is 0 Å². The summed E-state index contributed by atoms with van der Waals surface area (Å²) in [6.07, 6.45) is 1.68. The van der Waals surface area contributed by atoms with Crippen molar-refractivity contribution >= 4 is 17.5 Å². The highest BCUT2D eigenvalue weighted by Gasteiger charge is 2.11. The SMILES string of the molecule is CCn1nccc1C(=O)CSC(C)C. The molecule has 1 heterocycles. The highest BCUT2D eigenvalue weighted by molar-refractivity contribution is 8.00. The van der Waals surface area contributed by atoms with Gasteiger partial charge in [-0.25, -0.2) is 0 Å². The molecule has 14 heavy (non-hydrogen) atoms. The topological polar surface area (TPSA) is 34.9 Å². The second-order valence-corrected chi connectivity index (χ2v) is 4.88. The number of Topliss-reactive ketones (excluding diaryl/α,β-unsaturated/α-hetero) is 1. The molecule has 0 aliphatic heterocycles. The maximum atomic E-state index is 11.7. The number of aryl methyl sites for hydroxylation is 1. The van der Waals surface area contributed by atoms with E-state index in [1.54, 1.807) is 28.7 Å². The fraction of sp³-hybridized carbons (Fsp3) is 0.600. The lowest BCUT2D eigenvalue weighted by Gasteiger charge is -2.05. The second kappa shape index (κ2) is 5.20. The fourth-order valence-corrected chi connectivity index (χ4v) is 1.77. The maximum absolute atomic E-state index is 11.7. The van der Waals surface area contributed by atoms with Gasteiger partial charge in [0.1, 0.15) is 5.69 Å².